The molecule has 3 rings (SSSR count). The van der Waals surface area contributed by atoms with Gasteiger partial charge in [0, 0.05) is 25.0 Å². The topological polar surface area (TPSA) is 56.1 Å². The quantitative estimate of drug-likeness (QED) is 0.744. The summed E-state index contributed by atoms with van der Waals surface area (Å²) in [6, 6.07) is 15.3. The van der Waals surface area contributed by atoms with Crippen molar-refractivity contribution in [1.82, 2.24) is 14.9 Å². The number of imidazole rings is 1. The Kier molecular flexibility index (Phi) is 5.37. The fraction of sp³-hybridized carbons (Fsp3) is 0.238. The van der Waals surface area contributed by atoms with Gasteiger partial charge >= 0.3 is 0 Å². The summed E-state index contributed by atoms with van der Waals surface area (Å²) in [7, 11) is 3.54. The maximum Gasteiger partial charge on any atom is 0.225 e. The van der Waals surface area contributed by atoms with Crippen LogP contribution in [0, 0.1) is 6.92 Å². The average molecular weight is 349 g/mol. The van der Waals surface area contributed by atoms with E-state index in [0.29, 0.717) is 6.42 Å². The summed E-state index contributed by atoms with van der Waals surface area (Å²) < 4.78 is 7.39. The lowest BCUT2D eigenvalue weighted by atomic mass is 10.0. The van der Waals surface area contributed by atoms with Gasteiger partial charge in [0.25, 0.3) is 0 Å². The summed E-state index contributed by atoms with van der Waals surface area (Å²) in [4.78, 5) is 17.1. The van der Waals surface area contributed by atoms with Crippen molar-refractivity contribution in [3.63, 3.8) is 0 Å². The van der Waals surface area contributed by atoms with Crippen LogP contribution in [-0.2, 0) is 18.3 Å². The molecule has 3 aromatic rings. The monoisotopic (exact) mass is 349 g/mol. The van der Waals surface area contributed by atoms with Crippen LogP contribution in [0.25, 0.3) is 0 Å². The van der Waals surface area contributed by atoms with Crippen molar-refractivity contribution in [1.29, 1.82) is 0 Å². The molecule has 0 aliphatic heterocycles. The second kappa shape index (κ2) is 7.87. The Morgan fingerprint density at radius 1 is 1.19 bits per heavy atom. The zero-order chi connectivity index (χ0) is 18.5. The third kappa shape index (κ3) is 3.94. The van der Waals surface area contributed by atoms with Gasteiger partial charge in [-0.15, -0.1) is 0 Å². The van der Waals surface area contributed by atoms with E-state index in [2.05, 4.69) is 10.3 Å². The first-order chi connectivity index (χ1) is 12.6. The number of carbonyl (C=O) groups excluding carboxylic acids is 1. The molecule has 0 saturated heterocycles. The highest BCUT2D eigenvalue weighted by atomic mass is 16.5. The zero-order valence-corrected chi connectivity index (χ0v) is 15.3. The maximum absolute atomic E-state index is 12.7. The van der Waals surface area contributed by atoms with Crippen molar-refractivity contribution in [2.24, 2.45) is 7.05 Å². The molecule has 0 aliphatic carbocycles. The number of nitrogens with one attached hydrogen (secondary N) is 1. The Hall–Kier alpha value is -3.08. The van der Waals surface area contributed by atoms with Gasteiger partial charge in [0.2, 0.25) is 5.91 Å². The molecule has 0 fully saturated rings. The van der Waals surface area contributed by atoms with E-state index in [-0.39, 0.29) is 11.9 Å². The van der Waals surface area contributed by atoms with E-state index in [1.165, 1.54) is 5.56 Å². The molecule has 0 unspecified atom stereocenters. The van der Waals surface area contributed by atoms with E-state index in [0.717, 1.165) is 22.7 Å². The molecule has 26 heavy (non-hydrogen) atoms. The van der Waals surface area contributed by atoms with Gasteiger partial charge in [0.1, 0.15) is 17.6 Å². The molecule has 0 bridgehead atoms. The lowest BCUT2D eigenvalue weighted by Crippen LogP contribution is -2.32. The minimum atomic E-state index is -0.385. The van der Waals surface area contributed by atoms with E-state index in [1.54, 1.807) is 13.3 Å². The highest BCUT2D eigenvalue weighted by Gasteiger charge is 2.23. The summed E-state index contributed by atoms with van der Waals surface area (Å²) in [5.74, 6) is 1.41. The van der Waals surface area contributed by atoms with Crippen LogP contribution >= 0.6 is 0 Å². The number of amides is 1. The van der Waals surface area contributed by atoms with Gasteiger partial charge in [-0.3, -0.25) is 4.79 Å². The Morgan fingerprint density at radius 3 is 2.58 bits per heavy atom. The first-order valence-electron chi connectivity index (χ1n) is 8.53. The lowest BCUT2D eigenvalue weighted by molar-refractivity contribution is -0.121. The molecule has 1 amide bonds. The molecule has 1 atom stereocenters. The minimum absolute atomic E-state index is 0.0623. The number of carbonyl (C=O) groups is 1. The number of ether oxygens (including phenoxy) is 1. The average Bonchev–Trinajstić information content (AvgIpc) is 3.07. The Bertz CT molecular complexity index is 884. The fourth-order valence-electron chi connectivity index (χ4n) is 2.94. The Morgan fingerprint density at radius 2 is 1.92 bits per heavy atom. The predicted molar refractivity (Wildman–Crippen MR) is 101 cm³/mol. The highest BCUT2D eigenvalue weighted by Crippen LogP contribution is 2.29. The molecule has 5 nitrogen and oxygen atoms in total. The summed E-state index contributed by atoms with van der Waals surface area (Å²) in [5, 5.41) is 3.11. The second-order valence-electron chi connectivity index (χ2n) is 6.30. The standard InChI is InChI=1S/C21H23N3O2/c1-15-8-10-16(11-9-15)14-19(25)23-20(21-22-12-13-24(21)2)17-6-4-5-7-18(17)26-3/h4-13,20H,14H2,1-3H3,(H,23,25)/t20-/m0/s1. The van der Waals surface area contributed by atoms with Crippen LogP contribution in [0.1, 0.15) is 28.6 Å². The van der Waals surface area contributed by atoms with E-state index in [9.17, 15) is 4.79 Å². The first kappa shape index (κ1) is 17.7. The zero-order valence-electron chi connectivity index (χ0n) is 15.3. The van der Waals surface area contributed by atoms with Crippen molar-refractivity contribution in [3.8, 4) is 5.75 Å². The van der Waals surface area contributed by atoms with Gasteiger partial charge in [-0.05, 0) is 18.6 Å². The highest BCUT2D eigenvalue weighted by molar-refractivity contribution is 5.79. The van der Waals surface area contributed by atoms with Gasteiger partial charge in [0.15, 0.2) is 0 Å². The van der Waals surface area contributed by atoms with Crippen molar-refractivity contribution in [2.45, 2.75) is 19.4 Å². The number of aryl methyl sites for hydroxylation is 2. The van der Waals surface area contributed by atoms with E-state index in [4.69, 9.17) is 4.74 Å². The minimum Gasteiger partial charge on any atom is -0.496 e. The SMILES string of the molecule is COc1ccccc1[C@H](NC(=O)Cc1ccc(C)cc1)c1nccn1C. The van der Waals surface area contributed by atoms with Crippen LogP contribution in [-0.4, -0.2) is 22.6 Å². The third-order valence-corrected chi connectivity index (χ3v) is 4.36. The van der Waals surface area contributed by atoms with Gasteiger partial charge in [-0.2, -0.15) is 0 Å². The van der Waals surface area contributed by atoms with Gasteiger partial charge in [-0.25, -0.2) is 4.98 Å². The van der Waals surface area contributed by atoms with Crippen molar-refractivity contribution in [3.05, 3.63) is 83.4 Å². The van der Waals surface area contributed by atoms with Gasteiger partial charge < -0.3 is 14.6 Å². The molecule has 1 heterocycles. The number of rotatable bonds is 6. The molecule has 134 valence electrons. The molecule has 0 radical (unpaired) electrons. The first-order valence-corrected chi connectivity index (χ1v) is 8.53. The largest absolute Gasteiger partial charge is 0.496 e. The van der Waals surface area contributed by atoms with Crippen LogP contribution in [0.15, 0.2) is 60.9 Å². The number of aromatic nitrogens is 2. The predicted octanol–water partition coefficient (Wildman–Crippen LogP) is 3.19. The molecule has 5 heteroatoms. The molecule has 1 aromatic heterocycles. The number of hydrogen-bond donors (Lipinski definition) is 1. The Balaban J connectivity index is 1.88. The number of nitrogens with zero attached hydrogens (tertiary/aromatic N) is 2. The molecular formula is C21H23N3O2. The van der Waals surface area contributed by atoms with Crippen molar-refractivity contribution < 1.29 is 9.53 Å². The molecule has 1 N–H and O–H groups in total. The van der Waals surface area contributed by atoms with Crippen LogP contribution in [0.3, 0.4) is 0 Å². The van der Waals surface area contributed by atoms with Gasteiger partial charge in [-0.1, -0.05) is 48.0 Å². The Labute approximate surface area is 153 Å². The lowest BCUT2D eigenvalue weighted by Gasteiger charge is -2.21. The summed E-state index contributed by atoms with van der Waals surface area (Å²) in [6.45, 7) is 2.03. The number of para-hydroxylation sites is 1. The van der Waals surface area contributed by atoms with Gasteiger partial charge in [0.05, 0.1) is 13.5 Å². The van der Waals surface area contributed by atoms with E-state index >= 15 is 0 Å². The number of benzene rings is 2. The third-order valence-electron chi connectivity index (χ3n) is 4.36. The number of methoxy groups -OCH3 is 1. The van der Waals surface area contributed by atoms with Crippen LogP contribution in [0.5, 0.6) is 5.75 Å². The molecule has 2 aromatic carbocycles. The molecular weight excluding hydrogens is 326 g/mol. The van der Waals surface area contributed by atoms with E-state index in [1.807, 2.05) is 73.3 Å². The summed E-state index contributed by atoms with van der Waals surface area (Å²) >= 11 is 0. The fourth-order valence-corrected chi connectivity index (χ4v) is 2.94. The summed E-state index contributed by atoms with van der Waals surface area (Å²) in [6.07, 6.45) is 3.91. The number of hydrogen-bond acceptors (Lipinski definition) is 3. The maximum atomic E-state index is 12.7. The van der Waals surface area contributed by atoms with Crippen LogP contribution < -0.4 is 10.1 Å². The van der Waals surface area contributed by atoms with Crippen molar-refractivity contribution >= 4 is 5.91 Å². The molecule has 0 aliphatic rings. The smallest absolute Gasteiger partial charge is 0.225 e. The molecule has 0 spiro atoms. The second-order valence-corrected chi connectivity index (χ2v) is 6.30. The van der Waals surface area contributed by atoms with Crippen LogP contribution in [0.4, 0.5) is 0 Å². The normalized spacial score (nSPS) is 11.8. The molecule has 0 saturated carbocycles. The van der Waals surface area contributed by atoms with E-state index < -0.39 is 0 Å². The summed E-state index contributed by atoms with van der Waals surface area (Å²) in [5.41, 5.74) is 3.03. The van der Waals surface area contributed by atoms with Crippen LogP contribution in [0.2, 0.25) is 0 Å². The van der Waals surface area contributed by atoms with Crippen molar-refractivity contribution in [2.75, 3.05) is 7.11 Å².